The Morgan fingerprint density at radius 1 is 1.00 bits per heavy atom. The Bertz CT molecular complexity index is 897. The first kappa shape index (κ1) is 26.2. The average molecular weight is 455 g/mol. The Balaban J connectivity index is 2.22. The minimum Gasteiger partial charge on any atom is -0.493 e. The first-order chi connectivity index (χ1) is 16.0. The van der Waals surface area contributed by atoms with E-state index in [-0.39, 0.29) is 12.0 Å². The molecule has 0 saturated carbocycles. The molecule has 0 aliphatic rings. The number of carbonyl (C=O) groups is 2. The minimum absolute atomic E-state index is 0.110. The number of urea groups is 1. The summed E-state index contributed by atoms with van der Waals surface area (Å²) in [5, 5.41) is 2.98. The van der Waals surface area contributed by atoms with Crippen molar-refractivity contribution in [1.29, 1.82) is 0 Å². The number of hydrogen-bond donors (Lipinski definition) is 1. The molecule has 33 heavy (non-hydrogen) atoms. The second-order valence-corrected chi connectivity index (χ2v) is 8.16. The van der Waals surface area contributed by atoms with Crippen molar-refractivity contribution < 1.29 is 19.1 Å². The van der Waals surface area contributed by atoms with Crippen molar-refractivity contribution in [2.45, 2.75) is 58.8 Å². The van der Waals surface area contributed by atoms with E-state index in [1.807, 2.05) is 42.5 Å². The van der Waals surface area contributed by atoms with E-state index in [1.54, 1.807) is 11.9 Å². The molecule has 6 heteroatoms. The lowest BCUT2D eigenvalue weighted by atomic mass is 10.00. The summed E-state index contributed by atoms with van der Waals surface area (Å²) in [4.78, 5) is 25.7. The summed E-state index contributed by atoms with van der Waals surface area (Å²) in [6.45, 7) is 5.58. The van der Waals surface area contributed by atoms with Crippen molar-refractivity contribution in [3.8, 4) is 16.9 Å². The first-order valence-electron chi connectivity index (χ1n) is 11.9. The Kier molecular flexibility index (Phi) is 11.3. The number of nitrogens with one attached hydrogen (secondary N) is 1. The van der Waals surface area contributed by atoms with Crippen LogP contribution in [0.3, 0.4) is 0 Å². The summed E-state index contributed by atoms with van der Waals surface area (Å²) in [7, 11) is 3.18. The maximum absolute atomic E-state index is 12.5. The molecule has 0 heterocycles. The van der Waals surface area contributed by atoms with E-state index in [4.69, 9.17) is 9.47 Å². The molecule has 2 aromatic rings. The fourth-order valence-electron chi connectivity index (χ4n) is 3.44. The summed E-state index contributed by atoms with van der Waals surface area (Å²) in [5.74, 6) is 0.561. The molecule has 0 aromatic heterocycles. The highest BCUT2D eigenvalue weighted by atomic mass is 16.5. The normalized spacial score (nSPS) is 10.5. The third-order valence-corrected chi connectivity index (χ3v) is 5.55. The van der Waals surface area contributed by atoms with Gasteiger partial charge in [0, 0.05) is 31.3 Å². The van der Waals surface area contributed by atoms with Crippen LogP contribution in [0.1, 0.15) is 57.9 Å². The van der Waals surface area contributed by atoms with E-state index in [0.717, 1.165) is 60.2 Å². The zero-order chi connectivity index (χ0) is 24.1. The lowest BCUT2D eigenvalue weighted by Crippen LogP contribution is -2.37. The molecule has 2 aromatic carbocycles. The van der Waals surface area contributed by atoms with Crippen LogP contribution in [0.15, 0.2) is 42.5 Å². The van der Waals surface area contributed by atoms with Gasteiger partial charge in [0.05, 0.1) is 13.7 Å². The number of carbonyl (C=O) groups excluding carboxylic acids is 2. The number of hydrogen-bond acceptors (Lipinski definition) is 4. The third-order valence-electron chi connectivity index (χ3n) is 5.55. The molecular formula is C27H38N2O4. The van der Waals surface area contributed by atoms with Gasteiger partial charge in [0.1, 0.15) is 5.75 Å². The number of unbranched alkanes of at least 4 members (excludes halogenated alkanes) is 3. The maximum Gasteiger partial charge on any atom is 0.321 e. The van der Waals surface area contributed by atoms with Gasteiger partial charge in [0.2, 0.25) is 0 Å². The number of esters is 1. The minimum atomic E-state index is -0.226. The van der Waals surface area contributed by atoms with Gasteiger partial charge in [-0.2, -0.15) is 0 Å². The van der Waals surface area contributed by atoms with Gasteiger partial charge < -0.3 is 14.8 Å². The molecule has 1 N–H and O–H groups in total. The standard InChI is InChI=1S/C27H38N2O4/c1-5-7-9-17-28-27(31)29(3)23-12-10-11-22(20-23)24-15-13-21(14-16-26(30)32-4)19-25(24)33-18-8-6-2/h10-13,15,19-20H,5-9,14,16-18H2,1-4H3,(H,28,31). The molecular weight excluding hydrogens is 416 g/mol. The van der Waals surface area contributed by atoms with Crippen molar-refractivity contribution in [3.05, 3.63) is 48.0 Å². The number of methoxy groups -OCH3 is 1. The van der Waals surface area contributed by atoms with Gasteiger partial charge in [0.15, 0.2) is 0 Å². The van der Waals surface area contributed by atoms with Crippen molar-refractivity contribution in [3.63, 3.8) is 0 Å². The number of amides is 2. The number of anilines is 1. The first-order valence-corrected chi connectivity index (χ1v) is 11.9. The van der Waals surface area contributed by atoms with Crippen molar-refractivity contribution >= 4 is 17.7 Å². The third kappa shape index (κ3) is 8.44. The zero-order valence-electron chi connectivity index (χ0n) is 20.5. The van der Waals surface area contributed by atoms with Crippen LogP contribution in [0.2, 0.25) is 0 Å². The SMILES string of the molecule is CCCCCNC(=O)N(C)c1cccc(-c2ccc(CCC(=O)OC)cc2OCCCC)c1. The molecule has 0 bridgehead atoms. The van der Waals surface area contributed by atoms with Crippen LogP contribution >= 0.6 is 0 Å². The van der Waals surface area contributed by atoms with Crippen molar-refractivity contribution in [2.75, 3.05) is 32.2 Å². The molecule has 0 spiro atoms. The summed E-state index contributed by atoms with van der Waals surface area (Å²) >= 11 is 0. The predicted molar refractivity (Wildman–Crippen MR) is 134 cm³/mol. The van der Waals surface area contributed by atoms with Crippen molar-refractivity contribution in [1.82, 2.24) is 5.32 Å². The highest BCUT2D eigenvalue weighted by Crippen LogP contribution is 2.33. The summed E-state index contributed by atoms with van der Waals surface area (Å²) in [6, 6.07) is 13.8. The molecule has 2 amide bonds. The number of rotatable bonds is 13. The molecule has 6 nitrogen and oxygen atoms in total. The molecule has 0 aliphatic carbocycles. The van der Waals surface area contributed by atoms with E-state index >= 15 is 0 Å². The lowest BCUT2D eigenvalue weighted by Gasteiger charge is -2.20. The van der Waals surface area contributed by atoms with Crippen LogP contribution in [0.5, 0.6) is 5.75 Å². The number of nitrogens with zero attached hydrogens (tertiary/aromatic N) is 1. The Morgan fingerprint density at radius 3 is 2.52 bits per heavy atom. The van der Waals surface area contributed by atoms with Gasteiger partial charge in [-0.25, -0.2) is 4.79 Å². The van der Waals surface area contributed by atoms with Crippen LogP contribution in [-0.2, 0) is 16.0 Å². The lowest BCUT2D eigenvalue weighted by molar-refractivity contribution is -0.140. The van der Waals surface area contributed by atoms with E-state index in [1.165, 1.54) is 7.11 Å². The van der Waals surface area contributed by atoms with Crippen LogP contribution in [0, 0.1) is 0 Å². The maximum atomic E-state index is 12.5. The second kappa shape index (κ2) is 14.2. The predicted octanol–water partition coefficient (Wildman–Crippen LogP) is 5.97. The number of benzene rings is 2. The molecule has 2 rings (SSSR count). The van der Waals surface area contributed by atoms with Gasteiger partial charge in [-0.1, -0.05) is 57.4 Å². The summed E-state index contributed by atoms with van der Waals surface area (Å²) in [5.41, 5.74) is 3.78. The quantitative estimate of drug-likeness (QED) is 0.299. The highest BCUT2D eigenvalue weighted by Gasteiger charge is 2.14. The molecule has 0 atom stereocenters. The molecule has 0 saturated heterocycles. The Morgan fingerprint density at radius 2 is 1.79 bits per heavy atom. The fourth-order valence-corrected chi connectivity index (χ4v) is 3.44. The van der Waals surface area contributed by atoms with E-state index in [9.17, 15) is 9.59 Å². The van der Waals surface area contributed by atoms with Crippen LogP contribution in [-0.4, -0.2) is 39.3 Å². The number of aryl methyl sites for hydroxylation is 1. The molecule has 0 radical (unpaired) electrons. The zero-order valence-corrected chi connectivity index (χ0v) is 20.5. The van der Waals surface area contributed by atoms with Gasteiger partial charge in [-0.3, -0.25) is 9.69 Å². The van der Waals surface area contributed by atoms with E-state index in [2.05, 4.69) is 19.2 Å². The average Bonchev–Trinajstić information content (AvgIpc) is 2.84. The van der Waals surface area contributed by atoms with E-state index in [0.29, 0.717) is 26.0 Å². The summed E-state index contributed by atoms with van der Waals surface area (Å²) in [6.07, 6.45) is 6.15. The van der Waals surface area contributed by atoms with Gasteiger partial charge in [0.25, 0.3) is 0 Å². The Labute approximate surface area is 198 Å². The van der Waals surface area contributed by atoms with Gasteiger partial charge in [-0.05, 0) is 48.6 Å². The Hall–Kier alpha value is -3.02. The second-order valence-electron chi connectivity index (χ2n) is 8.16. The van der Waals surface area contributed by atoms with Crippen LogP contribution in [0.4, 0.5) is 10.5 Å². The van der Waals surface area contributed by atoms with E-state index < -0.39 is 0 Å². The van der Waals surface area contributed by atoms with Gasteiger partial charge >= 0.3 is 12.0 Å². The topological polar surface area (TPSA) is 67.9 Å². The molecule has 180 valence electrons. The highest BCUT2D eigenvalue weighted by molar-refractivity contribution is 5.92. The largest absolute Gasteiger partial charge is 0.493 e. The molecule has 0 unspecified atom stereocenters. The number of ether oxygens (including phenoxy) is 2. The van der Waals surface area contributed by atoms with Crippen molar-refractivity contribution in [2.24, 2.45) is 0 Å². The van der Waals surface area contributed by atoms with Crippen LogP contribution in [0.25, 0.3) is 11.1 Å². The summed E-state index contributed by atoms with van der Waals surface area (Å²) < 4.78 is 10.9. The smallest absolute Gasteiger partial charge is 0.321 e. The molecule has 0 aliphatic heterocycles. The van der Waals surface area contributed by atoms with Gasteiger partial charge in [-0.15, -0.1) is 0 Å². The van der Waals surface area contributed by atoms with Crippen LogP contribution < -0.4 is 15.0 Å². The molecule has 0 fully saturated rings. The monoisotopic (exact) mass is 454 g/mol. The fraction of sp³-hybridized carbons (Fsp3) is 0.481.